The summed E-state index contributed by atoms with van der Waals surface area (Å²) < 4.78 is 55.3. The van der Waals surface area contributed by atoms with Crippen molar-refractivity contribution in [2.45, 2.75) is 70.8 Å². The fraction of sp³-hybridized carbons (Fsp3) is 0.520. The van der Waals surface area contributed by atoms with E-state index in [1.807, 2.05) is 6.92 Å². The van der Waals surface area contributed by atoms with Gasteiger partial charge in [-0.1, -0.05) is 51.3 Å². The van der Waals surface area contributed by atoms with Gasteiger partial charge >= 0.3 is 0 Å². The van der Waals surface area contributed by atoms with Gasteiger partial charge in [0.05, 0.1) is 19.3 Å². The van der Waals surface area contributed by atoms with Gasteiger partial charge in [-0.15, -0.1) is 0 Å². The number of rotatable bonds is 9. The molecule has 1 aliphatic rings. The lowest BCUT2D eigenvalue weighted by atomic mass is 9.88. The van der Waals surface area contributed by atoms with Gasteiger partial charge in [0, 0.05) is 11.5 Å². The number of unbranched alkanes of at least 4 members (excludes halogenated alkanes) is 2. The molecule has 2 aromatic rings. The number of halogens is 3. The standard InChI is InChI=1S/C25H31F3O2/c1-3-5-7-19-10-8-18(16-30-19)21-12-11-20(24(27)25(21)28)17-9-13-23(22(26)15-17)29-14-6-4-2/h9,11-13,15,18-19H,3-8,10,14,16H2,1-2H3. The average molecular weight is 421 g/mol. The molecule has 0 aliphatic carbocycles. The summed E-state index contributed by atoms with van der Waals surface area (Å²) >= 11 is 0. The molecule has 2 nitrogen and oxygen atoms in total. The molecular weight excluding hydrogens is 389 g/mol. The highest BCUT2D eigenvalue weighted by Crippen LogP contribution is 2.35. The van der Waals surface area contributed by atoms with Crippen molar-refractivity contribution in [3.05, 3.63) is 53.3 Å². The Hall–Kier alpha value is -2.01. The van der Waals surface area contributed by atoms with Crippen LogP contribution in [0.3, 0.4) is 0 Å². The molecule has 1 saturated heterocycles. The van der Waals surface area contributed by atoms with Crippen LogP contribution in [0.4, 0.5) is 13.2 Å². The van der Waals surface area contributed by atoms with E-state index in [4.69, 9.17) is 9.47 Å². The third-order valence-corrected chi connectivity index (χ3v) is 5.80. The van der Waals surface area contributed by atoms with Crippen LogP contribution in [0.5, 0.6) is 5.75 Å². The van der Waals surface area contributed by atoms with Gasteiger partial charge in [-0.05, 0) is 48.9 Å². The van der Waals surface area contributed by atoms with Crippen LogP contribution in [0.2, 0.25) is 0 Å². The number of hydrogen-bond acceptors (Lipinski definition) is 2. The maximum atomic E-state index is 14.9. The van der Waals surface area contributed by atoms with Gasteiger partial charge in [-0.3, -0.25) is 0 Å². The number of ether oxygens (including phenoxy) is 2. The fourth-order valence-corrected chi connectivity index (χ4v) is 3.93. The first-order valence-electron chi connectivity index (χ1n) is 11.1. The minimum absolute atomic E-state index is 0.0489. The summed E-state index contributed by atoms with van der Waals surface area (Å²) in [7, 11) is 0. The molecule has 2 aromatic carbocycles. The molecule has 30 heavy (non-hydrogen) atoms. The molecule has 5 heteroatoms. The predicted octanol–water partition coefficient (Wildman–Crippen LogP) is 7.40. The highest BCUT2D eigenvalue weighted by atomic mass is 19.2. The van der Waals surface area contributed by atoms with Gasteiger partial charge in [-0.25, -0.2) is 13.2 Å². The first-order chi connectivity index (χ1) is 14.5. The van der Waals surface area contributed by atoms with Crippen molar-refractivity contribution in [2.75, 3.05) is 13.2 Å². The third-order valence-electron chi connectivity index (χ3n) is 5.80. The van der Waals surface area contributed by atoms with Crippen LogP contribution in [0.1, 0.15) is 70.3 Å². The summed E-state index contributed by atoms with van der Waals surface area (Å²) in [4.78, 5) is 0. The molecular formula is C25H31F3O2. The van der Waals surface area contributed by atoms with Crippen LogP contribution in [-0.4, -0.2) is 19.3 Å². The molecule has 3 rings (SSSR count). The van der Waals surface area contributed by atoms with E-state index in [0.29, 0.717) is 18.8 Å². The van der Waals surface area contributed by atoms with Crippen molar-refractivity contribution < 1.29 is 22.6 Å². The van der Waals surface area contributed by atoms with Gasteiger partial charge in [-0.2, -0.15) is 0 Å². The van der Waals surface area contributed by atoms with E-state index in [-0.39, 0.29) is 28.9 Å². The van der Waals surface area contributed by atoms with Crippen molar-refractivity contribution in [3.8, 4) is 16.9 Å². The normalized spacial score (nSPS) is 19.1. The highest BCUT2D eigenvalue weighted by molar-refractivity contribution is 5.66. The summed E-state index contributed by atoms with van der Waals surface area (Å²) in [5, 5.41) is 0. The van der Waals surface area contributed by atoms with Crippen LogP contribution in [0, 0.1) is 17.5 Å². The number of benzene rings is 2. The summed E-state index contributed by atoms with van der Waals surface area (Å²) in [6.07, 6.45) is 6.88. The fourth-order valence-electron chi connectivity index (χ4n) is 3.93. The van der Waals surface area contributed by atoms with Crippen molar-refractivity contribution >= 4 is 0 Å². The SMILES string of the molecule is CCCCOc1ccc(-c2ccc(C3CCC(CCCC)OC3)c(F)c2F)cc1F. The largest absolute Gasteiger partial charge is 0.491 e. The van der Waals surface area contributed by atoms with E-state index in [1.165, 1.54) is 18.2 Å². The molecule has 0 amide bonds. The minimum Gasteiger partial charge on any atom is -0.491 e. The first kappa shape index (κ1) is 22.7. The Morgan fingerprint density at radius 2 is 1.77 bits per heavy atom. The molecule has 2 atom stereocenters. The smallest absolute Gasteiger partial charge is 0.166 e. The van der Waals surface area contributed by atoms with Gasteiger partial charge in [0.25, 0.3) is 0 Å². The van der Waals surface area contributed by atoms with E-state index in [2.05, 4.69) is 6.92 Å². The molecule has 0 radical (unpaired) electrons. The topological polar surface area (TPSA) is 18.5 Å². The molecule has 0 N–H and O–H groups in total. The van der Waals surface area contributed by atoms with Gasteiger partial charge < -0.3 is 9.47 Å². The maximum absolute atomic E-state index is 14.9. The molecule has 0 aromatic heterocycles. The van der Waals surface area contributed by atoms with Crippen LogP contribution in [0.15, 0.2) is 30.3 Å². The Kier molecular flexibility index (Phi) is 8.20. The zero-order valence-corrected chi connectivity index (χ0v) is 17.9. The van der Waals surface area contributed by atoms with E-state index in [9.17, 15) is 13.2 Å². The summed E-state index contributed by atoms with van der Waals surface area (Å²) in [6, 6.07) is 7.36. The lowest BCUT2D eigenvalue weighted by Crippen LogP contribution is -2.25. The van der Waals surface area contributed by atoms with E-state index in [1.54, 1.807) is 12.1 Å². The van der Waals surface area contributed by atoms with Crippen molar-refractivity contribution in [3.63, 3.8) is 0 Å². The van der Waals surface area contributed by atoms with Gasteiger partial charge in [0.1, 0.15) is 0 Å². The third kappa shape index (κ3) is 5.37. The van der Waals surface area contributed by atoms with E-state index < -0.39 is 17.5 Å². The van der Waals surface area contributed by atoms with Crippen molar-refractivity contribution in [2.24, 2.45) is 0 Å². The van der Waals surface area contributed by atoms with Gasteiger partial charge in [0.15, 0.2) is 23.2 Å². The Morgan fingerprint density at radius 1 is 0.967 bits per heavy atom. The zero-order chi connectivity index (χ0) is 21.5. The summed E-state index contributed by atoms with van der Waals surface area (Å²) in [5.41, 5.74) is 0.677. The monoisotopic (exact) mass is 420 g/mol. The molecule has 0 bridgehead atoms. The predicted molar refractivity (Wildman–Crippen MR) is 113 cm³/mol. The van der Waals surface area contributed by atoms with Crippen molar-refractivity contribution in [1.82, 2.24) is 0 Å². The molecule has 1 fully saturated rings. The summed E-state index contributed by atoms with van der Waals surface area (Å²) in [5.74, 6) is -2.41. The van der Waals surface area contributed by atoms with Crippen LogP contribution < -0.4 is 4.74 Å². The van der Waals surface area contributed by atoms with E-state index in [0.717, 1.165) is 44.9 Å². The molecule has 0 spiro atoms. The summed E-state index contributed by atoms with van der Waals surface area (Å²) in [6.45, 7) is 4.99. The second-order valence-electron chi connectivity index (χ2n) is 8.05. The average Bonchev–Trinajstić information content (AvgIpc) is 2.76. The van der Waals surface area contributed by atoms with Crippen LogP contribution in [-0.2, 0) is 4.74 Å². The Bertz CT molecular complexity index is 829. The lowest BCUT2D eigenvalue weighted by molar-refractivity contribution is -0.00258. The molecule has 164 valence electrons. The second kappa shape index (κ2) is 10.9. The maximum Gasteiger partial charge on any atom is 0.166 e. The Morgan fingerprint density at radius 3 is 2.43 bits per heavy atom. The first-order valence-corrected chi connectivity index (χ1v) is 11.1. The van der Waals surface area contributed by atoms with Crippen LogP contribution >= 0.6 is 0 Å². The Balaban J connectivity index is 1.73. The molecule has 1 heterocycles. The quantitative estimate of drug-likeness (QED) is 0.393. The lowest BCUT2D eigenvalue weighted by Gasteiger charge is -2.29. The number of hydrogen-bond donors (Lipinski definition) is 0. The Labute approximate surface area is 177 Å². The van der Waals surface area contributed by atoms with Crippen LogP contribution in [0.25, 0.3) is 11.1 Å². The van der Waals surface area contributed by atoms with E-state index >= 15 is 0 Å². The zero-order valence-electron chi connectivity index (χ0n) is 17.9. The molecule has 2 unspecified atom stereocenters. The van der Waals surface area contributed by atoms with Gasteiger partial charge in [0.2, 0.25) is 0 Å². The molecule has 0 saturated carbocycles. The highest BCUT2D eigenvalue weighted by Gasteiger charge is 2.27. The minimum atomic E-state index is -0.945. The van der Waals surface area contributed by atoms with Crippen molar-refractivity contribution in [1.29, 1.82) is 0 Å². The molecule has 1 aliphatic heterocycles. The second-order valence-corrected chi connectivity index (χ2v) is 8.05.